The lowest BCUT2D eigenvalue weighted by Gasteiger charge is -2.16. The van der Waals surface area contributed by atoms with Crippen molar-refractivity contribution in [3.63, 3.8) is 0 Å². The highest BCUT2D eigenvalue weighted by Crippen LogP contribution is 2.28. The molecule has 0 heterocycles. The monoisotopic (exact) mass is 307 g/mol. The smallest absolute Gasteiger partial charge is 0.258 e. The molecule has 2 aromatic rings. The highest BCUT2D eigenvalue weighted by molar-refractivity contribution is 6.05. The molecule has 1 N–H and O–H groups in total. The van der Waals surface area contributed by atoms with Crippen molar-refractivity contribution in [3.05, 3.63) is 64.5 Å². The van der Waals surface area contributed by atoms with Crippen LogP contribution in [0.5, 0.6) is 0 Å². The predicted molar refractivity (Wildman–Crippen MR) is 79.5 cm³/mol. The molecule has 0 spiro atoms. The number of benzene rings is 2. The first-order valence-electron chi connectivity index (χ1n) is 6.87. The second-order valence-electron chi connectivity index (χ2n) is 5.37. The Balaban J connectivity index is 2.40. The number of nitrogens with one attached hydrogen (secondary N) is 1. The molecule has 2 nitrogen and oxygen atoms in total. The molecule has 1 amide bonds. The number of aryl methyl sites for hydroxylation is 1. The Morgan fingerprint density at radius 1 is 1.05 bits per heavy atom. The Labute approximate surface area is 127 Å². The number of halogens is 3. The van der Waals surface area contributed by atoms with Gasteiger partial charge < -0.3 is 5.32 Å². The molecular formula is C17H16F3NO. The fourth-order valence-corrected chi connectivity index (χ4v) is 2.22. The van der Waals surface area contributed by atoms with Gasteiger partial charge in [0.15, 0.2) is 17.5 Å². The van der Waals surface area contributed by atoms with E-state index in [2.05, 4.69) is 5.32 Å². The van der Waals surface area contributed by atoms with Crippen molar-refractivity contribution in [2.24, 2.45) is 0 Å². The van der Waals surface area contributed by atoms with Crippen LogP contribution in [0.2, 0.25) is 0 Å². The number of carbonyl (C=O) groups is 1. The summed E-state index contributed by atoms with van der Waals surface area (Å²) in [7, 11) is 0. The predicted octanol–water partition coefficient (Wildman–Crippen LogP) is 4.79. The van der Waals surface area contributed by atoms with E-state index in [0.29, 0.717) is 5.69 Å². The zero-order chi connectivity index (χ0) is 16.4. The van der Waals surface area contributed by atoms with E-state index in [4.69, 9.17) is 0 Å². The van der Waals surface area contributed by atoms with E-state index in [-0.39, 0.29) is 5.92 Å². The van der Waals surface area contributed by atoms with E-state index in [1.54, 1.807) is 0 Å². The highest BCUT2D eigenvalue weighted by atomic mass is 19.2. The summed E-state index contributed by atoms with van der Waals surface area (Å²) in [6, 6.07) is 7.18. The van der Waals surface area contributed by atoms with Gasteiger partial charge in [-0.3, -0.25) is 4.79 Å². The number of para-hydroxylation sites is 1. The standard InChI is InChI=1S/C17H16F3NO/c1-9(2)11-6-4-5-10(3)16(11)21-17(22)12-7-8-13(18)15(20)14(12)19/h4-9H,1-3H3,(H,21,22). The summed E-state index contributed by atoms with van der Waals surface area (Å²) in [6.07, 6.45) is 0. The number of rotatable bonds is 3. The minimum Gasteiger partial charge on any atom is -0.321 e. The van der Waals surface area contributed by atoms with Crippen LogP contribution in [0.15, 0.2) is 30.3 Å². The van der Waals surface area contributed by atoms with Gasteiger partial charge in [0.25, 0.3) is 5.91 Å². The Morgan fingerprint density at radius 3 is 2.36 bits per heavy atom. The van der Waals surface area contributed by atoms with Gasteiger partial charge in [0.1, 0.15) is 0 Å². The summed E-state index contributed by atoms with van der Waals surface area (Å²) in [5, 5.41) is 2.60. The SMILES string of the molecule is Cc1cccc(C(C)C)c1NC(=O)c1ccc(F)c(F)c1F. The van der Waals surface area contributed by atoms with Crippen molar-refractivity contribution < 1.29 is 18.0 Å². The summed E-state index contributed by atoms with van der Waals surface area (Å²) < 4.78 is 39.9. The summed E-state index contributed by atoms with van der Waals surface area (Å²) in [4.78, 5) is 12.2. The van der Waals surface area contributed by atoms with Crippen LogP contribution in [0.3, 0.4) is 0 Å². The molecule has 0 aromatic heterocycles. The van der Waals surface area contributed by atoms with Gasteiger partial charge in [-0.2, -0.15) is 0 Å². The molecule has 0 atom stereocenters. The number of carbonyl (C=O) groups excluding carboxylic acids is 1. The first-order valence-corrected chi connectivity index (χ1v) is 6.87. The molecule has 0 aliphatic carbocycles. The molecular weight excluding hydrogens is 291 g/mol. The molecule has 116 valence electrons. The Hall–Kier alpha value is -2.30. The van der Waals surface area contributed by atoms with E-state index >= 15 is 0 Å². The van der Waals surface area contributed by atoms with Gasteiger partial charge in [-0.25, -0.2) is 13.2 Å². The number of anilines is 1. The quantitative estimate of drug-likeness (QED) is 0.812. The van der Waals surface area contributed by atoms with Crippen LogP contribution in [0.4, 0.5) is 18.9 Å². The normalized spacial score (nSPS) is 10.9. The van der Waals surface area contributed by atoms with Crippen molar-refractivity contribution >= 4 is 11.6 Å². The molecule has 0 aliphatic heterocycles. The maximum Gasteiger partial charge on any atom is 0.258 e. The van der Waals surface area contributed by atoms with Gasteiger partial charge in [-0.05, 0) is 36.1 Å². The molecule has 2 rings (SSSR count). The van der Waals surface area contributed by atoms with E-state index < -0.39 is 28.9 Å². The van der Waals surface area contributed by atoms with Crippen LogP contribution in [-0.4, -0.2) is 5.91 Å². The van der Waals surface area contributed by atoms with Crippen molar-refractivity contribution in [3.8, 4) is 0 Å². The molecule has 22 heavy (non-hydrogen) atoms. The van der Waals surface area contributed by atoms with Crippen LogP contribution < -0.4 is 5.32 Å². The molecule has 0 fully saturated rings. The van der Waals surface area contributed by atoms with Crippen LogP contribution in [0.25, 0.3) is 0 Å². The molecule has 0 radical (unpaired) electrons. The lowest BCUT2D eigenvalue weighted by molar-refractivity contribution is 0.102. The molecule has 0 saturated heterocycles. The summed E-state index contributed by atoms with van der Waals surface area (Å²) >= 11 is 0. The van der Waals surface area contributed by atoms with Gasteiger partial charge in [0.2, 0.25) is 0 Å². The number of amides is 1. The average Bonchev–Trinajstić information content (AvgIpc) is 2.46. The third-order valence-electron chi connectivity index (χ3n) is 3.45. The highest BCUT2D eigenvalue weighted by Gasteiger charge is 2.20. The summed E-state index contributed by atoms with van der Waals surface area (Å²) in [5.41, 5.74) is 1.72. The van der Waals surface area contributed by atoms with Gasteiger partial charge in [-0.1, -0.05) is 32.0 Å². The Morgan fingerprint density at radius 2 is 1.73 bits per heavy atom. The summed E-state index contributed by atoms with van der Waals surface area (Å²) in [6.45, 7) is 5.73. The third kappa shape index (κ3) is 2.98. The van der Waals surface area contributed by atoms with Crippen LogP contribution in [-0.2, 0) is 0 Å². The fourth-order valence-electron chi connectivity index (χ4n) is 2.22. The largest absolute Gasteiger partial charge is 0.321 e. The van der Waals surface area contributed by atoms with Gasteiger partial charge in [0, 0.05) is 5.69 Å². The maximum atomic E-state index is 13.7. The number of hydrogen-bond donors (Lipinski definition) is 1. The van der Waals surface area contributed by atoms with E-state index in [0.717, 1.165) is 23.3 Å². The van der Waals surface area contributed by atoms with Crippen LogP contribution in [0.1, 0.15) is 41.3 Å². The first kappa shape index (κ1) is 16.1. The first-order chi connectivity index (χ1) is 10.3. The molecule has 0 unspecified atom stereocenters. The molecule has 0 saturated carbocycles. The van der Waals surface area contributed by atoms with Crippen LogP contribution >= 0.6 is 0 Å². The Kier molecular flexibility index (Phi) is 4.54. The average molecular weight is 307 g/mol. The molecule has 5 heteroatoms. The van der Waals surface area contributed by atoms with Crippen molar-refractivity contribution in [2.75, 3.05) is 5.32 Å². The molecule has 0 bridgehead atoms. The molecule has 0 aliphatic rings. The second-order valence-corrected chi connectivity index (χ2v) is 5.37. The van der Waals surface area contributed by atoms with Gasteiger partial charge in [0.05, 0.1) is 5.56 Å². The number of hydrogen-bond acceptors (Lipinski definition) is 1. The van der Waals surface area contributed by atoms with E-state index in [9.17, 15) is 18.0 Å². The van der Waals surface area contributed by atoms with Gasteiger partial charge >= 0.3 is 0 Å². The van der Waals surface area contributed by atoms with Crippen molar-refractivity contribution in [1.29, 1.82) is 0 Å². The molecule has 2 aromatic carbocycles. The van der Waals surface area contributed by atoms with Crippen molar-refractivity contribution in [1.82, 2.24) is 0 Å². The Bertz CT molecular complexity index is 726. The lowest BCUT2D eigenvalue weighted by Crippen LogP contribution is -2.17. The maximum absolute atomic E-state index is 13.7. The topological polar surface area (TPSA) is 29.1 Å². The fraction of sp³-hybridized carbons (Fsp3) is 0.235. The minimum absolute atomic E-state index is 0.144. The van der Waals surface area contributed by atoms with Gasteiger partial charge in [-0.15, -0.1) is 0 Å². The lowest BCUT2D eigenvalue weighted by atomic mass is 9.98. The minimum atomic E-state index is -1.65. The van der Waals surface area contributed by atoms with E-state index in [1.165, 1.54) is 0 Å². The second kappa shape index (κ2) is 6.22. The zero-order valence-corrected chi connectivity index (χ0v) is 12.5. The summed E-state index contributed by atoms with van der Waals surface area (Å²) in [5.74, 6) is -5.14. The van der Waals surface area contributed by atoms with Crippen molar-refractivity contribution in [2.45, 2.75) is 26.7 Å². The van der Waals surface area contributed by atoms with E-state index in [1.807, 2.05) is 39.0 Å². The zero-order valence-electron chi connectivity index (χ0n) is 12.5. The third-order valence-corrected chi connectivity index (χ3v) is 3.45. The van der Waals surface area contributed by atoms with Crippen LogP contribution in [0, 0.1) is 24.4 Å².